The molecule has 0 bridgehead atoms. The van der Waals surface area contributed by atoms with E-state index < -0.39 is 11.2 Å². The number of para-hydroxylation sites is 1. The number of hydrogen-bond donors (Lipinski definition) is 2. The highest BCUT2D eigenvalue weighted by atomic mass is 16.2. The van der Waals surface area contributed by atoms with Gasteiger partial charge < -0.3 is 5.32 Å². The van der Waals surface area contributed by atoms with Crippen LogP contribution in [-0.2, 0) is 6.54 Å². The maximum Gasteiger partial charge on any atom is 0.330 e. The number of aromatic nitrogens is 3. The molecule has 1 saturated carbocycles. The molecular weight excluding hydrogens is 392 g/mol. The van der Waals surface area contributed by atoms with Crippen molar-refractivity contribution in [2.24, 2.45) is 5.92 Å². The van der Waals surface area contributed by atoms with Crippen LogP contribution < -0.4 is 16.6 Å². The van der Waals surface area contributed by atoms with Gasteiger partial charge in [-0.1, -0.05) is 45.9 Å². The molecule has 0 saturated heterocycles. The van der Waals surface area contributed by atoms with Crippen LogP contribution >= 0.6 is 0 Å². The molecular formula is C24H28N4O3. The maximum atomic E-state index is 13.4. The van der Waals surface area contributed by atoms with Crippen molar-refractivity contribution in [1.82, 2.24) is 14.5 Å². The molecule has 1 amide bonds. The number of nitrogens with one attached hydrogen (secondary N) is 2. The molecule has 1 fully saturated rings. The number of pyridine rings is 1. The van der Waals surface area contributed by atoms with Crippen LogP contribution in [0.1, 0.15) is 74.0 Å². The molecule has 0 spiro atoms. The van der Waals surface area contributed by atoms with Crippen LogP contribution in [0.2, 0.25) is 0 Å². The topological polar surface area (TPSA) is 96.9 Å². The molecule has 0 unspecified atom stereocenters. The lowest BCUT2D eigenvalue weighted by atomic mass is 10.0. The minimum Gasteiger partial charge on any atom is -0.322 e. The van der Waals surface area contributed by atoms with Crippen molar-refractivity contribution >= 4 is 22.6 Å². The molecule has 1 aliphatic carbocycles. The average Bonchev–Trinajstić information content (AvgIpc) is 3.55. The monoisotopic (exact) mass is 420 g/mol. The van der Waals surface area contributed by atoms with Gasteiger partial charge in [0, 0.05) is 23.8 Å². The van der Waals surface area contributed by atoms with Crippen molar-refractivity contribution in [3.63, 3.8) is 0 Å². The Bertz CT molecular complexity index is 1270. The first-order valence-electron chi connectivity index (χ1n) is 10.8. The molecule has 2 N–H and O–H groups in total. The van der Waals surface area contributed by atoms with E-state index in [4.69, 9.17) is 0 Å². The molecule has 162 valence electrons. The second kappa shape index (κ2) is 8.13. The molecule has 2 heterocycles. The summed E-state index contributed by atoms with van der Waals surface area (Å²) >= 11 is 0. The Balaban J connectivity index is 1.90. The number of anilines is 1. The number of amides is 1. The second-order valence-electron chi connectivity index (χ2n) is 9.03. The van der Waals surface area contributed by atoms with Crippen LogP contribution in [0.4, 0.5) is 5.69 Å². The van der Waals surface area contributed by atoms with Gasteiger partial charge in [-0.25, -0.2) is 9.78 Å². The van der Waals surface area contributed by atoms with E-state index in [0.717, 1.165) is 24.1 Å². The molecule has 0 aliphatic heterocycles. The van der Waals surface area contributed by atoms with E-state index in [-0.39, 0.29) is 40.3 Å². The molecule has 7 nitrogen and oxygen atoms in total. The summed E-state index contributed by atoms with van der Waals surface area (Å²) in [7, 11) is 0. The number of rotatable bonds is 6. The predicted octanol–water partition coefficient (Wildman–Crippen LogP) is 3.99. The Kier molecular flexibility index (Phi) is 5.52. The summed E-state index contributed by atoms with van der Waals surface area (Å²) in [5.74, 6) is 0.296. The Morgan fingerprint density at radius 1 is 1.19 bits per heavy atom. The summed E-state index contributed by atoms with van der Waals surface area (Å²) in [6, 6.07) is 9.36. The highest BCUT2D eigenvalue weighted by Gasteiger charge is 2.29. The van der Waals surface area contributed by atoms with Gasteiger partial charge >= 0.3 is 5.69 Å². The van der Waals surface area contributed by atoms with Crippen LogP contribution in [0, 0.1) is 5.92 Å². The fraction of sp³-hybridized carbons (Fsp3) is 0.417. The summed E-state index contributed by atoms with van der Waals surface area (Å²) < 4.78 is 1.48. The smallest absolute Gasteiger partial charge is 0.322 e. The molecule has 2 aromatic heterocycles. The van der Waals surface area contributed by atoms with Crippen LogP contribution in [0.15, 0.2) is 39.9 Å². The summed E-state index contributed by atoms with van der Waals surface area (Å²) in [5, 5.41) is 3.14. The number of aromatic amines is 1. The summed E-state index contributed by atoms with van der Waals surface area (Å²) in [5.41, 5.74) is 1.95. The van der Waals surface area contributed by atoms with Gasteiger partial charge in [0.25, 0.3) is 11.5 Å². The summed E-state index contributed by atoms with van der Waals surface area (Å²) in [6.07, 6.45) is 1.99. The SMILES string of the molecule is CC(C)Cn1c(=O)[nH]c(=O)c2c(C(=O)Nc3ccccc3C(C)C)cc(C3CC3)nc21. The number of benzene rings is 1. The van der Waals surface area contributed by atoms with Crippen molar-refractivity contribution in [1.29, 1.82) is 0 Å². The third-order valence-electron chi connectivity index (χ3n) is 5.59. The first kappa shape index (κ1) is 21.0. The van der Waals surface area contributed by atoms with Crippen molar-refractivity contribution in [3.8, 4) is 0 Å². The molecule has 7 heteroatoms. The van der Waals surface area contributed by atoms with Gasteiger partial charge in [-0.2, -0.15) is 0 Å². The standard InChI is InChI=1S/C24H28N4O3/c1-13(2)12-28-21-20(23(30)27-24(28)31)17(11-19(25-21)15-9-10-15)22(29)26-18-8-6-5-7-16(18)14(3)4/h5-8,11,13-15H,9-10,12H2,1-4H3,(H,26,29)(H,27,30,31). The van der Waals surface area contributed by atoms with Crippen LogP contribution in [-0.4, -0.2) is 20.4 Å². The number of H-pyrrole nitrogens is 1. The van der Waals surface area contributed by atoms with Gasteiger partial charge in [0.1, 0.15) is 0 Å². The Labute approximate surface area is 180 Å². The number of carbonyl (C=O) groups is 1. The maximum absolute atomic E-state index is 13.4. The van der Waals surface area contributed by atoms with Gasteiger partial charge in [-0.15, -0.1) is 0 Å². The minimum absolute atomic E-state index is 0.157. The third kappa shape index (κ3) is 4.17. The Morgan fingerprint density at radius 3 is 2.55 bits per heavy atom. The van der Waals surface area contributed by atoms with Crippen molar-refractivity contribution < 1.29 is 4.79 Å². The van der Waals surface area contributed by atoms with Crippen LogP contribution in [0.3, 0.4) is 0 Å². The Hall–Kier alpha value is -3.22. The zero-order valence-corrected chi connectivity index (χ0v) is 18.4. The number of fused-ring (bicyclic) bond motifs is 1. The van der Waals surface area contributed by atoms with E-state index in [0.29, 0.717) is 12.2 Å². The van der Waals surface area contributed by atoms with Gasteiger partial charge in [-0.3, -0.25) is 19.1 Å². The lowest BCUT2D eigenvalue weighted by Crippen LogP contribution is -2.33. The number of carbonyl (C=O) groups excluding carboxylic acids is 1. The largest absolute Gasteiger partial charge is 0.330 e. The van der Waals surface area contributed by atoms with E-state index in [2.05, 4.69) is 29.1 Å². The molecule has 3 aromatic rings. The summed E-state index contributed by atoms with van der Waals surface area (Å²) in [4.78, 5) is 45.8. The lowest BCUT2D eigenvalue weighted by molar-refractivity contribution is 0.102. The Morgan fingerprint density at radius 2 is 1.90 bits per heavy atom. The molecule has 1 aliphatic rings. The lowest BCUT2D eigenvalue weighted by Gasteiger charge is -2.16. The van der Waals surface area contributed by atoms with E-state index >= 15 is 0 Å². The number of hydrogen-bond acceptors (Lipinski definition) is 4. The van der Waals surface area contributed by atoms with Crippen molar-refractivity contribution in [3.05, 3.63) is 68.0 Å². The highest BCUT2D eigenvalue weighted by Crippen LogP contribution is 2.40. The average molecular weight is 421 g/mol. The molecule has 31 heavy (non-hydrogen) atoms. The zero-order valence-electron chi connectivity index (χ0n) is 18.4. The first-order chi connectivity index (χ1) is 14.8. The van der Waals surface area contributed by atoms with E-state index in [1.165, 1.54) is 4.57 Å². The van der Waals surface area contributed by atoms with Gasteiger partial charge in [-0.05, 0) is 42.4 Å². The van der Waals surface area contributed by atoms with E-state index in [1.54, 1.807) is 6.07 Å². The zero-order chi connectivity index (χ0) is 22.3. The molecule has 4 rings (SSSR count). The number of nitrogens with zero attached hydrogens (tertiary/aromatic N) is 2. The van der Waals surface area contributed by atoms with Crippen molar-refractivity contribution in [2.75, 3.05) is 5.32 Å². The molecule has 0 atom stereocenters. The van der Waals surface area contributed by atoms with Crippen LogP contribution in [0.25, 0.3) is 11.0 Å². The fourth-order valence-electron chi connectivity index (χ4n) is 3.90. The highest BCUT2D eigenvalue weighted by molar-refractivity contribution is 6.12. The second-order valence-corrected chi connectivity index (χ2v) is 9.03. The quantitative estimate of drug-likeness (QED) is 0.630. The predicted molar refractivity (Wildman–Crippen MR) is 122 cm³/mol. The summed E-state index contributed by atoms with van der Waals surface area (Å²) in [6.45, 7) is 8.51. The van der Waals surface area contributed by atoms with Crippen LogP contribution in [0.5, 0.6) is 0 Å². The first-order valence-corrected chi connectivity index (χ1v) is 10.8. The molecule has 1 aromatic carbocycles. The van der Waals surface area contributed by atoms with Gasteiger partial charge in [0.15, 0.2) is 5.65 Å². The fourth-order valence-corrected chi connectivity index (χ4v) is 3.90. The van der Waals surface area contributed by atoms with E-state index in [9.17, 15) is 14.4 Å². The molecule has 0 radical (unpaired) electrons. The van der Waals surface area contributed by atoms with Crippen molar-refractivity contribution in [2.45, 2.75) is 58.9 Å². The van der Waals surface area contributed by atoms with Gasteiger partial charge in [0.05, 0.1) is 10.9 Å². The third-order valence-corrected chi connectivity index (χ3v) is 5.59. The van der Waals surface area contributed by atoms with E-state index in [1.807, 2.05) is 38.1 Å². The normalized spacial score (nSPS) is 13.9. The minimum atomic E-state index is -0.586. The van der Waals surface area contributed by atoms with Gasteiger partial charge in [0.2, 0.25) is 0 Å².